The zero-order valence-electron chi connectivity index (χ0n) is 18.7. The quantitative estimate of drug-likeness (QED) is 0.532. The molecule has 1 saturated carbocycles. The number of benzene rings is 1. The molecule has 1 heterocycles. The van der Waals surface area contributed by atoms with Gasteiger partial charge < -0.3 is 10.6 Å². The Morgan fingerprint density at radius 2 is 1.84 bits per heavy atom. The summed E-state index contributed by atoms with van der Waals surface area (Å²) in [6.45, 7) is 4.23. The summed E-state index contributed by atoms with van der Waals surface area (Å²) in [5.74, 6) is -1.61. The first-order valence-electron chi connectivity index (χ1n) is 11.4. The van der Waals surface area contributed by atoms with Crippen molar-refractivity contribution in [2.45, 2.75) is 69.4 Å². The molecule has 1 aromatic carbocycles. The molecule has 1 saturated heterocycles. The van der Waals surface area contributed by atoms with Gasteiger partial charge in [-0.3, -0.25) is 14.4 Å². The number of Topliss-reactive ketones (excluding diaryl/α,β-unsaturated/α-hetero) is 1. The SMILES string of the molecule is CC(C)CC(NS(=O)(=O)c1ccccc1)C(=O)NC1C(=O)C(=O)NCCC2CCCC1C2. The van der Waals surface area contributed by atoms with Gasteiger partial charge in [0.1, 0.15) is 12.1 Å². The van der Waals surface area contributed by atoms with Crippen LogP contribution in [0.3, 0.4) is 0 Å². The first-order chi connectivity index (χ1) is 15.2. The average Bonchev–Trinajstić information content (AvgIpc) is 2.79. The highest BCUT2D eigenvalue weighted by atomic mass is 32.2. The normalized spacial score (nSPS) is 25.3. The first kappa shape index (κ1) is 24.4. The fraction of sp³-hybridized carbons (Fsp3) is 0.609. The Morgan fingerprint density at radius 1 is 1.12 bits per heavy atom. The van der Waals surface area contributed by atoms with E-state index in [1.54, 1.807) is 18.2 Å². The zero-order chi connectivity index (χ0) is 23.3. The molecule has 4 atom stereocenters. The summed E-state index contributed by atoms with van der Waals surface area (Å²) in [6, 6.07) is 5.85. The summed E-state index contributed by atoms with van der Waals surface area (Å²) < 4.78 is 28.2. The van der Waals surface area contributed by atoms with Crippen LogP contribution in [0, 0.1) is 17.8 Å². The standard InChI is InChI=1S/C23H33N3O5S/c1-15(2)13-19(26-32(30,31)18-9-4-3-5-10-18)22(28)25-20-17-8-6-7-16(14-17)11-12-24-23(29)21(20)27/h3-5,9-10,15-17,19-20,26H,6-8,11-14H2,1-2H3,(H,24,29)(H,25,28). The lowest BCUT2D eigenvalue weighted by Crippen LogP contribution is -2.56. The fourth-order valence-electron chi connectivity index (χ4n) is 4.70. The fourth-order valence-corrected chi connectivity index (χ4v) is 5.93. The van der Waals surface area contributed by atoms with E-state index in [1.165, 1.54) is 12.1 Å². The molecule has 32 heavy (non-hydrogen) atoms. The van der Waals surface area contributed by atoms with Crippen molar-refractivity contribution in [3.8, 4) is 0 Å². The van der Waals surface area contributed by atoms with Crippen molar-refractivity contribution in [1.29, 1.82) is 0 Å². The molecular formula is C23H33N3O5S. The molecule has 0 spiro atoms. The van der Waals surface area contributed by atoms with Gasteiger partial charge in [0.15, 0.2) is 0 Å². The van der Waals surface area contributed by atoms with Crippen LogP contribution in [0.5, 0.6) is 0 Å². The van der Waals surface area contributed by atoms with Gasteiger partial charge in [0.2, 0.25) is 21.7 Å². The number of carbonyl (C=O) groups excluding carboxylic acids is 3. The molecule has 176 valence electrons. The van der Waals surface area contributed by atoms with Crippen LogP contribution in [0.15, 0.2) is 35.2 Å². The molecule has 0 aromatic heterocycles. The van der Waals surface area contributed by atoms with Crippen LogP contribution in [-0.4, -0.2) is 44.6 Å². The number of carbonyl (C=O) groups is 3. The Hall–Kier alpha value is -2.26. The number of hydrogen-bond donors (Lipinski definition) is 3. The third-order valence-electron chi connectivity index (χ3n) is 6.31. The Morgan fingerprint density at radius 3 is 2.53 bits per heavy atom. The van der Waals surface area contributed by atoms with Crippen LogP contribution in [0.2, 0.25) is 0 Å². The summed E-state index contributed by atoms with van der Waals surface area (Å²) in [4.78, 5) is 38.5. The van der Waals surface area contributed by atoms with Gasteiger partial charge in [-0.05, 0) is 55.6 Å². The van der Waals surface area contributed by atoms with Crippen molar-refractivity contribution < 1.29 is 22.8 Å². The van der Waals surface area contributed by atoms with E-state index in [-0.39, 0.29) is 23.2 Å². The van der Waals surface area contributed by atoms with Gasteiger partial charge in [-0.25, -0.2) is 8.42 Å². The van der Waals surface area contributed by atoms with E-state index in [4.69, 9.17) is 0 Å². The van der Waals surface area contributed by atoms with Crippen LogP contribution in [0.4, 0.5) is 0 Å². The first-order valence-corrected chi connectivity index (χ1v) is 12.9. The monoisotopic (exact) mass is 463 g/mol. The maximum atomic E-state index is 13.2. The van der Waals surface area contributed by atoms with Gasteiger partial charge in [0.05, 0.1) is 4.90 Å². The van der Waals surface area contributed by atoms with E-state index in [1.807, 2.05) is 13.8 Å². The molecule has 3 rings (SSSR count). The minimum atomic E-state index is -3.93. The number of fused-ring (bicyclic) bond motifs is 2. The van der Waals surface area contributed by atoms with Crippen LogP contribution in [-0.2, 0) is 24.4 Å². The molecule has 3 N–H and O–H groups in total. The maximum absolute atomic E-state index is 13.2. The number of sulfonamides is 1. The topological polar surface area (TPSA) is 121 Å². The Balaban J connectivity index is 1.81. The summed E-state index contributed by atoms with van der Waals surface area (Å²) >= 11 is 0. The second-order valence-corrected chi connectivity index (χ2v) is 11.0. The summed E-state index contributed by atoms with van der Waals surface area (Å²) in [5.41, 5.74) is 0. The van der Waals surface area contributed by atoms with Gasteiger partial charge in [-0.2, -0.15) is 4.72 Å². The third kappa shape index (κ3) is 6.16. The molecule has 8 nitrogen and oxygen atoms in total. The Labute approximate surface area is 190 Å². The molecule has 2 bridgehead atoms. The van der Waals surface area contributed by atoms with E-state index in [9.17, 15) is 22.8 Å². The molecular weight excluding hydrogens is 430 g/mol. The lowest BCUT2D eigenvalue weighted by molar-refractivity contribution is -0.141. The summed E-state index contributed by atoms with van der Waals surface area (Å²) in [6.07, 6.45) is 4.61. The van der Waals surface area contributed by atoms with Crippen molar-refractivity contribution >= 4 is 27.6 Å². The lowest BCUT2D eigenvalue weighted by atomic mass is 9.76. The molecule has 2 aliphatic rings. The second kappa shape index (κ2) is 10.6. The van der Waals surface area contributed by atoms with Gasteiger partial charge in [0.25, 0.3) is 5.91 Å². The molecule has 9 heteroatoms. The third-order valence-corrected chi connectivity index (χ3v) is 7.80. The van der Waals surface area contributed by atoms with Crippen LogP contribution < -0.4 is 15.4 Å². The predicted octanol–water partition coefficient (Wildman–Crippen LogP) is 1.76. The molecule has 1 aliphatic heterocycles. The molecule has 2 amide bonds. The number of ketones is 1. The van der Waals surface area contributed by atoms with E-state index >= 15 is 0 Å². The lowest BCUT2D eigenvalue weighted by Gasteiger charge is -2.33. The highest BCUT2D eigenvalue weighted by Gasteiger charge is 2.39. The summed E-state index contributed by atoms with van der Waals surface area (Å²) in [5, 5.41) is 5.41. The highest BCUT2D eigenvalue weighted by Crippen LogP contribution is 2.34. The van der Waals surface area contributed by atoms with Crippen molar-refractivity contribution in [1.82, 2.24) is 15.4 Å². The molecule has 0 radical (unpaired) electrons. The van der Waals surface area contributed by atoms with Crippen molar-refractivity contribution in [2.75, 3.05) is 6.54 Å². The maximum Gasteiger partial charge on any atom is 0.289 e. The molecule has 1 aliphatic carbocycles. The van der Waals surface area contributed by atoms with Crippen LogP contribution >= 0.6 is 0 Å². The van der Waals surface area contributed by atoms with E-state index in [0.717, 1.165) is 32.1 Å². The Kier molecular flexibility index (Phi) is 8.05. The number of amides is 2. The number of nitrogens with one attached hydrogen (secondary N) is 3. The van der Waals surface area contributed by atoms with Crippen molar-refractivity contribution in [3.63, 3.8) is 0 Å². The minimum absolute atomic E-state index is 0.0304. The van der Waals surface area contributed by atoms with Crippen LogP contribution in [0.1, 0.15) is 52.4 Å². The molecule has 4 unspecified atom stereocenters. The van der Waals surface area contributed by atoms with Gasteiger partial charge in [-0.15, -0.1) is 0 Å². The van der Waals surface area contributed by atoms with Crippen molar-refractivity contribution in [3.05, 3.63) is 30.3 Å². The molecule has 1 aromatic rings. The van der Waals surface area contributed by atoms with Gasteiger partial charge in [-0.1, -0.05) is 44.9 Å². The van der Waals surface area contributed by atoms with E-state index in [2.05, 4.69) is 15.4 Å². The van der Waals surface area contributed by atoms with Gasteiger partial charge >= 0.3 is 0 Å². The predicted molar refractivity (Wildman–Crippen MR) is 120 cm³/mol. The zero-order valence-corrected chi connectivity index (χ0v) is 19.5. The second-order valence-electron chi connectivity index (χ2n) is 9.30. The van der Waals surface area contributed by atoms with Gasteiger partial charge in [0, 0.05) is 6.54 Å². The van der Waals surface area contributed by atoms with Crippen LogP contribution in [0.25, 0.3) is 0 Å². The highest BCUT2D eigenvalue weighted by molar-refractivity contribution is 7.89. The van der Waals surface area contributed by atoms with Crippen molar-refractivity contribution in [2.24, 2.45) is 17.8 Å². The Bertz CT molecular complexity index is 932. The van der Waals surface area contributed by atoms with E-state index in [0.29, 0.717) is 12.5 Å². The molecule has 2 fully saturated rings. The number of rotatable bonds is 7. The largest absolute Gasteiger partial charge is 0.349 e. The summed E-state index contributed by atoms with van der Waals surface area (Å²) in [7, 11) is -3.93. The minimum Gasteiger partial charge on any atom is -0.349 e. The average molecular weight is 464 g/mol. The van der Waals surface area contributed by atoms with E-state index < -0.39 is 39.7 Å². The smallest absolute Gasteiger partial charge is 0.289 e. The number of hydrogen-bond acceptors (Lipinski definition) is 5.